The maximum atomic E-state index is 13.1. The standard InChI is InChI=1S/C20H27N3O2/c1-4-22(5-2)14-15-23(19-9-7-6-8-18(19)21)20(24)16-10-12-17(25-3)13-11-16/h6-13H,4-5,14-15,21H2,1-3H3. The zero-order valence-electron chi connectivity index (χ0n) is 15.2. The molecule has 0 aromatic heterocycles. The van der Waals surface area contributed by atoms with Crippen LogP contribution in [0.2, 0.25) is 0 Å². The highest BCUT2D eigenvalue weighted by molar-refractivity contribution is 6.07. The van der Waals surface area contributed by atoms with Crippen LogP contribution in [0.15, 0.2) is 48.5 Å². The van der Waals surface area contributed by atoms with Crippen molar-refractivity contribution in [2.75, 3.05) is 43.9 Å². The molecule has 0 atom stereocenters. The molecule has 5 heteroatoms. The summed E-state index contributed by atoms with van der Waals surface area (Å²) < 4.78 is 5.17. The minimum atomic E-state index is -0.0623. The van der Waals surface area contributed by atoms with Crippen LogP contribution in [0.5, 0.6) is 5.75 Å². The van der Waals surface area contributed by atoms with E-state index in [0.29, 0.717) is 17.8 Å². The Kier molecular flexibility index (Phi) is 6.83. The van der Waals surface area contributed by atoms with Crippen molar-refractivity contribution in [1.29, 1.82) is 0 Å². The van der Waals surface area contributed by atoms with Crippen molar-refractivity contribution >= 4 is 17.3 Å². The van der Waals surface area contributed by atoms with Crippen molar-refractivity contribution in [2.45, 2.75) is 13.8 Å². The number of methoxy groups -OCH3 is 1. The molecule has 0 unspecified atom stereocenters. The zero-order valence-corrected chi connectivity index (χ0v) is 15.2. The normalized spacial score (nSPS) is 10.7. The van der Waals surface area contributed by atoms with Crippen LogP contribution in [0, 0.1) is 0 Å². The third-order valence-electron chi connectivity index (χ3n) is 4.34. The molecule has 0 fully saturated rings. The molecule has 0 saturated heterocycles. The molecule has 2 rings (SSSR count). The van der Waals surface area contributed by atoms with Crippen LogP contribution in [-0.2, 0) is 0 Å². The van der Waals surface area contributed by atoms with Gasteiger partial charge in [-0.2, -0.15) is 0 Å². The van der Waals surface area contributed by atoms with Crippen molar-refractivity contribution in [3.63, 3.8) is 0 Å². The average molecular weight is 341 g/mol. The second-order valence-electron chi connectivity index (χ2n) is 5.77. The van der Waals surface area contributed by atoms with E-state index in [0.717, 1.165) is 31.1 Å². The Balaban J connectivity index is 2.29. The molecule has 1 amide bonds. The molecule has 0 aliphatic rings. The lowest BCUT2D eigenvalue weighted by Gasteiger charge is -2.27. The number of nitrogens with two attached hydrogens (primary N) is 1. The van der Waals surface area contributed by atoms with E-state index in [1.165, 1.54) is 0 Å². The molecule has 0 radical (unpaired) electrons. The fourth-order valence-corrected chi connectivity index (χ4v) is 2.74. The molecule has 0 aliphatic carbocycles. The van der Waals surface area contributed by atoms with Gasteiger partial charge < -0.3 is 20.3 Å². The Morgan fingerprint density at radius 1 is 1.00 bits per heavy atom. The minimum absolute atomic E-state index is 0.0623. The number of carbonyl (C=O) groups excluding carboxylic acids is 1. The number of rotatable bonds is 8. The van der Waals surface area contributed by atoms with E-state index in [1.54, 1.807) is 36.3 Å². The molecule has 5 nitrogen and oxygen atoms in total. The van der Waals surface area contributed by atoms with Gasteiger partial charge in [-0.25, -0.2) is 0 Å². The van der Waals surface area contributed by atoms with Crippen molar-refractivity contribution in [1.82, 2.24) is 4.90 Å². The summed E-state index contributed by atoms with van der Waals surface area (Å²) in [7, 11) is 1.61. The molecule has 2 aromatic carbocycles. The SMILES string of the molecule is CCN(CC)CCN(C(=O)c1ccc(OC)cc1)c1ccccc1N. The van der Waals surface area contributed by atoms with Gasteiger partial charge in [-0.15, -0.1) is 0 Å². The molecule has 0 heterocycles. The highest BCUT2D eigenvalue weighted by Crippen LogP contribution is 2.25. The van der Waals surface area contributed by atoms with Gasteiger partial charge in [0.25, 0.3) is 5.91 Å². The van der Waals surface area contributed by atoms with Crippen molar-refractivity contribution in [2.24, 2.45) is 0 Å². The number of anilines is 2. The van der Waals surface area contributed by atoms with Gasteiger partial charge in [-0.1, -0.05) is 26.0 Å². The first-order valence-corrected chi connectivity index (χ1v) is 8.63. The summed E-state index contributed by atoms with van der Waals surface area (Å²) in [5, 5.41) is 0. The van der Waals surface area contributed by atoms with Crippen LogP contribution >= 0.6 is 0 Å². The number of hydrogen-bond acceptors (Lipinski definition) is 4. The predicted molar refractivity (Wildman–Crippen MR) is 103 cm³/mol. The highest BCUT2D eigenvalue weighted by Gasteiger charge is 2.20. The maximum absolute atomic E-state index is 13.1. The lowest BCUT2D eigenvalue weighted by atomic mass is 10.1. The fraction of sp³-hybridized carbons (Fsp3) is 0.350. The van der Waals surface area contributed by atoms with Gasteiger partial charge in [-0.05, 0) is 49.5 Å². The fourth-order valence-electron chi connectivity index (χ4n) is 2.74. The van der Waals surface area contributed by atoms with E-state index in [4.69, 9.17) is 10.5 Å². The van der Waals surface area contributed by atoms with Gasteiger partial charge in [-0.3, -0.25) is 4.79 Å². The van der Waals surface area contributed by atoms with Crippen LogP contribution < -0.4 is 15.4 Å². The number of nitrogens with zero attached hydrogens (tertiary/aromatic N) is 2. The largest absolute Gasteiger partial charge is 0.497 e. The third-order valence-corrected chi connectivity index (χ3v) is 4.34. The number of para-hydroxylation sites is 2. The summed E-state index contributed by atoms with van der Waals surface area (Å²) in [5.41, 5.74) is 8.09. The van der Waals surface area contributed by atoms with Crippen molar-refractivity contribution < 1.29 is 9.53 Å². The summed E-state index contributed by atoms with van der Waals surface area (Å²) in [4.78, 5) is 17.1. The van der Waals surface area contributed by atoms with Crippen molar-refractivity contribution in [3.05, 3.63) is 54.1 Å². The summed E-state index contributed by atoms with van der Waals surface area (Å²) in [6.45, 7) is 7.52. The number of benzene rings is 2. The Labute approximate surface area is 150 Å². The van der Waals surface area contributed by atoms with E-state index in [1.807, 2.05) is 24.3 Å². The number of nitrogen functional groups attached to an aromatic ring is 1. The van der Waals surface area contributed by atoms with Crippen LogP contribution in [0.3, 0.4) is 0 Å². The van der Waals surface area contributed by atoms with E-state index in [2.05, 4.69) is 18.7 Å². The lowest BCUT2D eigenvalue weighted by molar-refractivity contribution is 0.0984. The number of amides is 1. The van der Waals surface area contributed by atoms with Gasteiger partial charge in [0.1, 0.15) is 5.75 Å². The first kappa shape index (κ1) is 18.8. The number of ether oxygens (including phenoxy) is 1. The van der Waals surface area contributed by atoms with Gasteiger partial charge >= 0.3 is 0 Å². The molecule has 0 aliphatic heterocycles. The maximum Gasteiger partial charge on any atom is 0.258 e. The van der Waals surface area contributed by atoms with E-state index in [9.17, 15) is 4.79 Å². The molecule has 25 heavy (non-hydrogen) atoms. The first-order chi connectivity index (χ1) is 12.1. The van der Waals surface area contributed by atoms with Crippen LogP contribution in [-0.4, -0.2) is 44.1 Å². The first-order valence-electron chi connectivity index (χ1n) is 8.63. The highest BCUT2D eigenvalue weighted by atomic mass is 16.5. The summed E-state index contributed by atoms with van der Waals surface area (Å²) in [5.74, 6) is 0.665. The van der Waals surface area contributed by atoms with E-state index < -0.39 is 0 Å². The minimum Gasteiger partial charge on any atom is -0.497 e. The Bertz CT molecular complexity index is 682. The quantitative estimate of drug-likeness (QED) is 0.749. The zero-order chi connectivity index (χ0) is 18.2. The van der Waals surface area contributed by atoms with Crippen LogP contribution in [0.4, 0.5) is 11.4 Å². The van der Waals surface area contributed by atoms with Gasteiger partial charge in [0.2, 0.25) is 0 Å². The molecule has 0 spiro atoms. The topological polar surface area (TPSA) is 58.8 Å². The summed E-state index contributed by atoms with van der Waals surface area (Å²) >= 11 is 0. The molecule has 0 saturated carbocycles. The molecular weight excluding hydrogens is 314 g/mol. The smallest absolute Gasteiger partial charge is 0.258 e. The Hall–Kier alpha value is -2.53. The average Bonchev–Trinajstić information content (AvgIpc) is 2.66. The summed E-state index contributed by atoms with van der Waals surface area (Å²) in [6, 6.07) is 14.6. The second kappa shape index (κ2) is 9.08. The monoisotopic (exact) mass is 341 g/mol. The molecule has 0 bridgehead atoms. The van der Waals surface area contributed by atoms with Crippen molar-refractivity contribution in [3.8, 4) is 5.75 Å². The van der Waals surface area contributed by atoms with Crippen LogP contribution in [0.25, 0.3) is 0 Å². The number of hydrogen-bond donors (Lipinski definition) is 1. The molecular formula is C20H27N3O2. The van der Waals surface area contributed by atoms with Gasteiger partial charge in [0.15, 0.2) is 0 Å². The van der Waals surface area contributed by atoms with E-state index >= 15 is 0 Å². The van der Waals surface area contributed by atoms with Crippen LogP contribution in [0.1, 0.15) is 24.2 Å². The Morgan fingerprint density at radius 2 is 1.64 bits per heavy atom. The third kappa shape index (κ3) is 4.73. The summed E-state index contributed by atoms with van der Waals surface area (Å²) in [6.07, 6.45) is 0. The number of carbonyl (C=O) groups is 1. The predicted octanol–water partition coefficient (Wildman–Crippen LogP) is 3.27. The Morgan fingerprint density at radius 3 is 2.20 bits per heavy atom. The van der Waals surface area contributed by atoms with E-state index in [-0.39, 0.29) is 5.91 Å². The molecule has 2 aromatic rings. The van der Waals surface area contributed by atoms with Gasteiger partial charge in [0.05, 0.1) is 18.5 Å². The lowest BCUT2D eigenvalue weighted by Crippen LogP contribution is -2.39. The molecule has 134 valence electrons. The number of likely N-dealkylation sites (N-methyl/N-ethyl adjacent to an activating group) is 1. The second-order valence-corrected chi connectivity index (χ2v) is 5.77. The van der Waals surface area contributed by atoms with Gasteiger partial charge in [0, 0.05) is 18.7 Å². The molecule has 2 N–H and O–H groups in total.